The van der Waals surface area contributed by atoms with Gasteiger partial charge in [0, 0.05) is 10.8 Å². The van der Waals surface area contributed by atoms with Crippen molar-refractivity contribution in [1.82, 2.24) is 0 Å². The molecule has 0 aromatic carbocycles. The van der Waals surface area contributed by atoms with Crippen LogP contribution in [0.5, 0.6) is 0 Å². The highest BCUT2D eigenvalue weighted by molar-refractivity contribution is 5.15. The van der Waals surface area contributed by atoms with Gasteiger partial charge in [-0.2, -0.15) is 0 Å². The summed E-state index contributed by atoms with van der Waals surface area (Å²) in [5.41, 5.74) is -0.0747. The number of hydrogen-bond acceptors (Lipinski definition) is 0. The molecule has 1 aliphatic carbocycles. The average molecular weight is 130 g/mol. The van der Waals surface area contributed by atoms with Gasteiger partial charge < -0.3 is 0 Å². The summed E-state index contributed by atoms with van der Waals surface area (Å²) in [6.45, 7) is 8.08. The summed E-state index contributed by atoms with van der Waals surface area (Å²) in [6.07, 6.45) is 0.385. The highest BCUT2D eigenvalue weighted by Gasteiger charge is 2.67. The molecular weight excluding hydrogens is 115 g/mol. The molecule has 1 aliphatic rings. The second kappa shape index (κ2) is 1.50. The first kappa shape index (κ1) is 7.04. The number of rotatable bonds is 1. The maximum absolute atomic E-state index is 12.9. The van der Waals surface area contributed by atoms with Gasteiger partial charge in [0.05, 0.1) is 0 Å². The van der Waals surface area contributed by atoms with Crippen LogP contribution in [0.4, 0.5) is 4.39 Å². The minimum absolute atomic E-state index is 0.0208. The Kier molecular flexibility index (Phi) is 1.17. The van der Waals surface area contributed by atoms with E-state index in [1.807, 2.05) is 20.8 Å². The molecule has 0 saturated heterocycles. The molecule has 0 spiro atoms. The molecule has 0 aromatic heterocycles. The molecule has 2 atom stereocenters. The first-order valence-corrected chi connectivity index (χ1v) is 3.61. The monoisotopic (exact) mass is 130 g/mol. The van der Waals surface area contributed by atoms with Gasteiger partial charge >= 0.3 is 0 Å². The molecule has 0 heterocycles. The number of alkyl halides is 1. The molecule has 1 fully saturated rings. The van der Waals surface area contributed by atoms with Crippen LogP contribution in [-0.2, 0) is 0 Å². The Bertz CT molecular complexity index is 129. The third-order valence-corrected chi connectivity index (χ3v) is 3.32. The molecule has 54 valence electrons. The quantitative estimate of drug-likeness (QED) is 0.512. The van der Waals surface area contributed by atoms with Crippen LogP contribution in [0.25, 0.3) is 0 Å². The molecule has 1 saturated carbocycles. The number of halogens is 1. The van der Waals surface area contributed by atoms with Crippen LogP contribution >= 0.6 is 0 Å². The Balaban J connectivity index is 2.70. The highest BCUT2D eigenvalue weighted by atomic mass is 19.1. The van der Waals surface area contributed by atoms with Crippen molar-refractivity contribution in [3.8, 4) is 0 Å². The zero-order valence-electron chi connectivity index (χ0n) is 6.66. The maximum Gasteiger partial charge on any atom is 0.112 e. The molecule has 0 aliphatic heterocycles. The van der Waals surface area contributed by atoms with E-state index in [4.69, 9.17) is 0 Å². The highest BCUT2D eigenvalue weighted by Crippen LogP contribution is 2.66. The molecule has 2 unspecified atom stereocenters. The molecule has 0 aromatic rings. The fraction of sp³-hybridized carbons (Fsp3) is 1.00. The third-order valence-electron chi connectivity index (χ3n) is 3.32. The third kappa shape index (κ3) is 0.580. The Morgan fingerprint density at radius 2 is 1.67 bits per heavy atom. The molecule has 0 radical (unpaired) electrons. The fourth-order valence-electron chi connectivity index (χ4n) is 1.63. The van der Waals surface area contributed by atoms with Gasteiger partial charge in [0.25, 0.3) is 0 Å². The topological polar surface area (TPSA) is 0 Å². The van der Waals surface area contributed by atoms with Gasteiger partial charge in [0.1, 0.15) is 6.17 Å². The van der Waals surface area contributed by atoms with Crippen molar-refractivity contribution >= 4 is 0 Å². The SMILES string of the molecule is CCC1(C)C(F)C1(C)C. The predicted octanol–water partition coefficient (Wildman–Crippen LogP) is 2.78. The van der Waals surface area contributed by atoms with Crippen molar-refractivity contribution in [2.75, 3.05) is 0 Å². The first-order valence-electron chi connectivity index (χ1n) is 3.61. The van der Waals surface area contributed by atoms with E-state index in [0.717, 1.165) is 6.42 Å². The standard InChI is InChI=1S/C8H15F/c1-5-8(4)6(9)7(8,2)3/h6H,5H2,1-4H3. The van der Waals surface area contributed by atoms with Crippen LogP contribution in [0.1, 0.15) is 34.1 Å². The van der Waals surface area contributed by atoms with Crippen molar-refractivity contribution in [2.24, 2.45) is 10.8 Å². The van der Waals surface area contributed by atoms with Crippen LogP contribution in [0.15, 0.2) is 0 Å². The van der Waals surface area contributed by atoms with E-state index in [9.17, 15) is 4.39 Å². The van der Waals surface area contributed by atoms with E-state index < -0.39 is 6.17 Å². The summed E-state index contributed by atoms with van der Waals surface area (Å²) in [4.78, 5) is 0. The molecule has 0 N–H and O–H groups in total. The van der Waals surface area contributed by atoms with Crippen molar-refractivity contribution in [3.63, 3.8) is 0 Å². The van der Waals surface area contributed by atoms with Gasteiger partial charge in [-0.05, 0) is 6.42 Å². The zero-order valence-corrected chi connectivity index (χ0v) is 6.66. The summed E-state index contributed by atoms with van der Waals surface area (Å²) in [5.74, 6) is 0. The summed E-state index contributed by atoms with van der Waals surface area (Å²) >= 11 is 0. The van der Waals surface area contributed by atoms with Crippen molar-refractivity contribution in [2.45, 2.75) is 40.3 Å². The van der Waals surface area contributed by atoms with Gasteiger partial charge in [0.2, 0.25) is 0 Å². The first-order chi connectivity index (χ1) is 3.97. The molecule has 0 bridgehead atoms. The van der Waals surface area contributed by atoms with Gasteiger partial charge in [0.15, 0.2) is 0 Å². The summed E-state index contributed by atoms with van der Waals surface area (Å²) in [5, 5.41) is 0. The minimum Gasteiger partial charge on any atom is -0.246 e. The van der Waals surface area contributed by atoms with E-state index in [-0.39, 0.29) is 10.8 Å². The van der Waals surface area contributed by atoms with E-state index in [1.165, 1.54) is 0 Å². The summed E-state index contributed by atoms with van der Waals surface area (Å²) in [6, 6.07) is 0. The van der Waals surface area contributed by atoms with E-state index >= 15 is 0 Å². The van der Waals surface area contributed by atoms with Gasteiger partial charge in [-0.15, -0.1) is 0 Å². The molecule has 1 heteroatoms. The molecule has 1 rings (SSSR count). The molecular formula is C8H15F. The normalized spacial score (nSPS) is 47.0. The van der Waals surface area contributed by atoms with E-state index in [0.29, 0.717) is 0 Å². The zero-order chi connectivity index (χ0) is 7.28. The Morgan fingerprint density at radius 3 is 1.67 bits per heavy atom. The van der Waals surface area contributed by atoms with Crippen LogP contribution in [0.2, 0.25) is 0 Å². The maximum atomic E-state index is 12.9. The van der Waals surface area contributed by atoms with Crippen molar-refractivity contribution < 1.29 is 4.39 Å². The van der Waals surface area contributed by atoms with Crippen LogP contribution in [-0.4, -0.2) is 6.17 Å². The minimum atomic E-state index is -0.574. The Morgan fingerprint density at radius 1 is 1.33 bits per heavy atom. The Hall–Kier alpha value is -0.0700. The van der Waals surface area contributed by atoms with Crippen LogP contribution < -0.4 is 0 Å². The van der Waals surface area contributed by atoms with Gasteiger partial charge in [-0.1, -0.05) is 27.7 Å². The lowest BCUT2D eigenvalue weighted by Crippen LogP contribution is -2.00. The van der Waals surface area contributed by atoms with Crippen LogP contribution in [0, 0.1) is 10.8 Å². The smallest absolute Gasteiger partial charge is 0.112 e. The van der Waals surface area contributed by atoms with Gasteiger partial charge in [-0.3, -0.25) is 0 Å². The summed E-state index contributed by atoms with van der Waals surface area (Å²) in [7, 11) is 0. The average Bonchev–Trinajstić information content (AvgIpc) is 2.16. The summed E-state index contributed by atoms with van der Waals surface area (Å²) < 4.78 is 12.9. The second-order valence-electron chi connectivity index (χ2n) is 3.86. The fourth-order valence-corrected chi connectivity index (χ4v) is 1.63. The van der Waals surface area contributed by atoms with Crippen molar-refractivity contribution in [3.05, 3.63) is 0 Å². The lowest BCUT2D eigenvalue weighted by molar-refractivity contribution is 0.370. The lowest BCUT2D eigenvalue weighted by Gasteiger charge is -2.07. The largest absolute Gasteiger partial charge is 0.246 e. The Labute approximate surface area is 56.5 Å². The molecule has 0 nitrogen and oxygen atoms in total. The van der Waals surface area contributed by atoms with Crippen molar-refractivity contribution in [1.29, 1.82) is 0 Å². The number of hydrogen-bond donors (Lipinski definition) is 0. The van der Waals surface area contributed by atoms with Crippen LogP contribution in [0.3, 0.4) is 0 Å². The van der Waals surface area contributed by atoms with Gasteiger partial charge in [-0.25, -0.2) is 4.39 Å². The molecule has 0 amide bonds. The lowest BCUT2D eigenvalue weighted by atomic mass is 9.96. The molecule has 9 heavy (non-hydrogen) atoms. The predicted molar refractivity (Wildman–Crippen MR) is 37.1 cm³/mol. The second-order valence-corrected chi connectivity index (χ2v) is 3.86. The van der Waals surface area contributed by atoms with E-state index in [2.05, 4.69) is 6.92 Å². The van der Waals surface area contributed by atoms with E-state index in [1.54, 1.807) is 0 Å².